The summed E-state index contributed by atoms with van der Waals surface area (Å²) in [6.07, 6.45) is 7.75. The maximum Gasteiger partial charge on any atom is 0.129 e. The molecule has 1 heterocycles. The molecule has 21 heavy (non-hydrogen) atoms. The molecule has 0 spiro atoms. The highest BCUT2D eigenvalue weighted by atomic mass is 35.5. The molecule has 1 aliphatic carbocycles. The molecule has 0 amide bonds. The van der Waals surface area contributed by atoms with Crippen molar-refractivity contribution in [2.75, 3.05) is 5.73 Å². The summed E-state index contributed by atoms with van der Waals surface area (Å²) in [5.74, 6) is 1.60. The Labute approximate surface area is 131 Å². The number of aromatic nitrogens is 2. The summed E-state index contributed by atoms with van der Waals surface area (Å²) in [5.41, 5.74) is 9.52. The molecule has 1 aromatic heterocycles. The summed E-state index contributed by atoms with van der Waals surface area (Å²) in [6, 6.07) is 7.86. The zero-order chi connectivity index (χ0) is 14.8. The monoisotopic (exact) mass is 303 g/mol. The molecular formula is C17H22ClN3. The lowest BCUT2D eigenvalue weighted by molar-refractivity contribution is 0.499. The Morgan fingerprint density at radius 3 is 2.57 bits per heavy atom. The van der Waals surface area contributed by atoms with Gasteiger partial charge in [0.2, 0.25) is 0 Å². The first-order chi connectivity index (χ1) is 10.1. The van der Waals surface area contributed by atoms with E-state index >= 15 is 0 Å². The third-order valence-corrected chi connectivity index (χ3v) is 4.81. The van der Waals surface area contributed by atoms with E-state index in [0.717, 1.165) is 40.0 Å². The fraction of sp³-hybridized carbons (Fsp3) is 0.471. The summed E-state index contributed by atoms with van der Waals surface area (Å²) < 4.78 is 1.79. The van der Waals surface area contributed by atoms with E-state index in [1.807, 2.05) is 31.3 Å². The van der Waals surface area contributed by atoms with E-state index in [2.05, 4.69) is 5.10 Å². The number of aryl methyl sites for hydroxylation is 2. The standard InChI is InChI=1S/C17H22ClN3/c1-21-17(19)16(13-7-9-14(18)10-8-13)15(20-21)11-6-12-4-2-3-5-12/h7-10,12H,2-6,11,19H2,1H3. The van der Waals surface area contributed by atoms with Gasteiger partial charge in [-0.05, 0) is 36.5 Å². The molecule has 0 aliphatic heterocycles. The molecule has 1 aromatic carbocycles. The average Bonchev–Trinajstić information content (AvgIpc) is 3.08. The Morgan fingerprint density at radius 1 is 1.24 bits per heavy atom. The Bertz CT molecular complexity index is 610. The van der Waals surface area contributed by atoms with Crippen LogP contribution in [0.1, 0.15) is 37.8 Å². The number of rotatable bonds is 4. The molecule has 2 aromatic rings. The molecule has 0 unspecified atom stereocenters. The second-order valence-electron chi connectivity index (χ2n) is 6.03. The van der Waals surface area contributed by atoms with Crippen LogP contribution in [-0.2, 0) is 13.5 Å². The number of nitrogens with zero attached hydrogens (tertiary/aromatic N) is 2. The molecule has 2 N–H and O–H groups in total. The first-order valence-corrected chi connectivity index (χ1v) is 8.10. The number of anilines is 1. The topological polar surface area (TPSA) is 43.8 Å². The van der Waals surface area contributed by atoms with E-state index in [0.29, 0.717) is 0 Å². The van der Waals surface area contributed by atoms with Crippen molar-refractivity contribution in [2.24, 2.45) is 13.0 Å². The lowest BCUT2D eigenvalue weighted by atomic mass is 9.97. The maximum atomic E-state index is 6.22. The Kier molecular flexibility index (Phi) is 4.20. The van der Waals surface area contributed by atoms with Gasteiger partial charge in [-0.3, -0.25) is 4.68 Å². The summed E-state index contributed by atoms with van der Waals surface area (Å²) >= 11 is 5.98. The van der Waals surface area contributed by atoms with Gasteiger partial charge < -0.3 is 5.73 Å². The predicted molar refractivity (Wildman–Crippen MR) is 88.3 cm³/mol. The number of nitrogen functional groups attached to an aromatic ring is 1. The summed E-state index contributed by atoms with van der Waals surface area (Å²) in [6.45, 7) is 0. The molecule has 1 fully saturated rings. The maximum absolute atomic E-state index is 6.22. The second kappa shape index (κ2) is 6.10. The number of hydrogen-bond acceptors (Lipinski definition) is 2. The Balaban J connectivity index is 1.86. The number of halogens is 1. The van der Waals surface area contributed by atoms with E-state index in [9.17, 15) is 0 Å². The van der Waals surface area contributed by atoms with Gasteiger partial charge in [0.15, 0.2) is 0 Å². The summed E-state index contributed by atoms with van der Waals surface area (Å²) in [4.78, 5) is 0. The van der Waals surface area contributed by atoms with E-state index in [1.165, 1.54) is 32.1 Å². The minimum absolute atomic E-state index is 0.735. The van der Waals surface area contributed by atoms with Gasteiger partial charge in [0, 0.05) is 17.6 Å². The van der Waals surface area contributed by atoms with Gasteiger partial charge >= 0.3 is 0 Å². The van der Waals surface area contributed by atoms with Crippen LogP contribution in [0, 0.1) is 5.92 Å². The number of nitrogens with two attached hydrogens (primary N) is 1. The van der Waals surface area contributed by atoms with Gasteiger partial charge in [-0.2, -0.15) is 5.10 Å². The Hall–Kier alpha value is -1.48. The minimum atomic E-state index is 0.735. The van der Waals surface area contributed by atoms with Crippen LogP contribution in [-0.4, -0.2) is 9.78 Å². The molecular weight excluding hydrogens is 282 g/mol. The lowest BCUT2D eigenvalue weighted by Gasteiger charge is -2.08. The molecule has 1 saturated carbocycles. The van der Waals surface area contributed by atoms with Gasteiger partial charge in [-0.15, -0.1) is 0 Å². The van der Waals surface area contributed by atoms with Gasteiger partial charge in [0.1, 0.15) is 5.82 Å². The zero-order valence-electron chi connectivity index (χ0n) is 12.5. The van der Waals surface area contributed by atoms with Crippen LogP contribution in [0.25, 0.3) is 11.1 Å². The van der Waals surface area contributed by atoms with Gasteiger partial charge in [0.25, 0.3) is 0 Å². The highest BCUT2D eigenvalue weighted by Crippen LogP contribution is 2.33. The summed E-state index contributed by atoms with van der Waals surface area (Å²) in [7, 11) is 1.91. The van der Waals surface area contributed by atoms with E-state index in [1.54, 1.807) is 4.68 Å². The van der Waals surface area contributed by atoms with Gasteiger partial charge in [0.05, 0.1) is 5.69 Å². The van der Waals surface area contributed by atoms with Crippen molar-refractivity contribution in [1.29, 1.82) is 0 Å². The molecule has 0 atom stereocenters. The first kappa shape index (κ1) is 14.5. The van der Waals surface area contributed by atoms with Gasteiger partial charge in [-0.25, -0.2) is 0 Å². The normalized spacial score (nSPS) is 15.7. The molecule has 0 radical (unpaired) electrons. The highest BCUT2D eigenvalue weighted by Gasteiger charge is 2.19. The van der Waals surface area contributed by atoms with Crippen LogP contribution in [0.3, 0.4) is 0 Å². The SMILES string of the molecule is Cn1nc(CCC2CCCC2)c(-c2ccc(Cl)cc2)c1N. The van der Waals surface area contributed by atoms with Crippen molar-refractivity contribution in [2.45, 2.75) is 38.5 Å². The van der Waals surface area contributed by atoms with Crippen LogP contribution in [0.15, 0.2) is 24.3 Å². The minimum Gasteiger partial charge on any atom is -0.383 e. The molecule has 1 aliphatic rings. The number of benzene rings is 1. The van der Waals surface area contributed by atoms with Crippen LogP contribution in [0.5, 0.6) is 0 Å². The van der Waals surface area contributed by atoms with Crippen molar-refractivity contribution in [1.82, 2.24) is 9.78 Å². The summed E-state index contributed by atoms with van der Waals surface area (Å²) in [5, 5.41) is 5.37. The third kappa shape index (κ3) is 3.08. The number of hydrogen-bond donors (Lipinski definition) is 1. The largest absolute Gasteiger partial charge is 0.383 e. The van der Waals surface area contributed by atoms with Crippen molar-refractivity contribution in [3.8, 4) is 11.1 Å². The molecule has 0 bridgehead atoms. The van der Waals surface area contributed by atoms with Crippen molar-refractivity contribution >= 4 is 17.4 Å². The first-order valence-electron chi connectivity index (χ1n) is 7.72. The lowest BCUT2D eigenvalue weighted by Crippen LogP contribution is -1.99. The quantitative estimate of drug-likeness (QED) is 0.907. The highest BCUT2D eigenvalue weighted by molar-refractivity contribution is 6.30. The van der Waals surface area contributed by atoms with E-state index in [4.69, 9.17) is 17.3 Å². The van der Waals surface area contributed by atoms with Gasteiger partial charge in [-0.1, -0.05) is 49.4 Å². The van der Waals surface area contributed by atoms with Crippen LogP contribution in [0.4, 0.5) is 5.82 Å². The molecule has 0 saturated heterocycles. The fourth-order valence-corrected chi connectivity index (χ4v) is 3.47. The van der Waals surface area contributed by atoms with Crippen LogP contribution < -0.4 is 5.73 Å². The smallest absolute Gasteiger partial charge is 0.129 e. The van der Waals surface area contributed by atoms with Crippen molar-refractivity contribution in [3.63, 3.8) is 0 Å². The Morgan fingerprint density at radius 2 is 1.90 bits per heavy atom. The van der Waals surface area contributed by atoms with Crippen molar-refractivity contribution in [3.05, 3.63) is 35.0 Å². The predicted octanol–water partition coefficient (Wildman–Crippen LogP) is 4.45. The molecule has 4 heteroatoms. The second-order valence-corrected chi connectivity index (χ2v) is 6.46. The molecule has 3 nitrogen and oxygen atoms in total. The van der Waals surface area contributed by atoms with E-state index < -0.39 is 0 Å². The van der Waals surface area contributed by atoms with Crippen molar-refractivity contribution < 1.29 is 0 Å². The zero-order valence-corrected chi connectivity index (χ0v) is 13.2. The van der Waals surface area contributed by atoms with E-state index in [-0.39, 0.29) is 0 Å². The molecule has 3 rings (SSSR count). The average molecular weight is 304 g/mol. The van der Waals surface area contributed by atoms with Crippen LogP contribution >= 0.6 is 11.6 Å². The molecule has 112 valence electrons. The van der Waals surface area contributed by atoms with Crippen LogP contribution in [0.2, 0.25) is 5.02 Å². The fourth-order valence-electron chi connectivity index (χ4n) is 3.34. The third-order valence-electron chi connectivity index (χ3n) is 4.56.